The standard InChI is InChI=1S/C11H12N2O4/c1-4-15-11(14)9-12-10(17-13-9)8-5-6(2)16-7(8)3/h5H,4H2,1-3H3. The molecule has 2 aromatic rings. The summed E-state index contributed by atoms with van der Waals surface area (Å²) in [6.07, 6.45) is 0. The van der Waals surface area contributed by atoms with E-state index in [9.17, 15) is 4.79 Å². The van der Waals surface area contributed by atoms with Crippen LogP contribution in [0.15, 0.2) is 15.0 Å². The number of ether oxygens (including phenoxy) is 1. The van der Waals surface area contributed by atoms with Crippen LogP contribution in [0.5, 0.6) is 0 Å². The van der Waals surface area contributed by atoms with Crippen molar-refractivity contribution in [3.63, 3.8) is 0 Å². The van der Waals surface area contributed by atoms with E-state index in [1.165, 1.54) is 0 Å². The summed E-state index contributed by atoms with van der Waals surface area (Å²) in [4.78, 5) is 15.3. The Bertz CT molecular complexity index is 541. The molecule has 17 heavy (non-hydrogen) atoms. The monoisotopic (exact) mass is 236 g/mol. The maximum Gasteiger partial charge on any atom is 0.379 e. The first kappa shape index (κ1) is 11.4. The van der Waals surface area contributed by atoms with E-state index in [4.69, 9.17) is 13.7 Å². The minimum atomic E-state index is -0.597. The van der Waals surface area contributed by atoms with Gasteiger partial charge in [-0.2, -0.15) is 4.98 Å². The minimum absolute atomic E-state index is 0.0832. The Labute approximate surface area is 97.6 Å². The Morgan fingerprint density at radius 3 is 2.82 bits per heavy atom. The van der Waals surface area contributed by atoms with Crippen LogP contribution in [0.4, 0.5) is 0 Å². The lowest BCUT2D eigenvalue weighted by Gasteiger charge is -1.93. The van der Waals surface area contributed by atoms with Crippen molar-refractivity contribution < 1.29 is 18.5 Å². The van der Waals surface area contributed by atoms with Crippen LogP contribution in [0.25, 0.3) is 11.5 Å². The predicted octanol–water partition coefficient (Wildman–Crippen LogP) is 2.12. The maximum atomic E-state index is 11.3. The van der Waals surface area contributed by atoms with Crippen LogP contribution in [-0.2, 0) is 4.74 Å². The van der Waals surface area contributed by atoms with Gasteiger partial charge in [0.1, 0.15) is 11.5 Å². The van der Waals surface area contributed by atoms with Gasteiger partial charge in [0.05, 0.1) is 12.2 Å². The number of aromatic nitrogens is 2. The molecular weight excluding hydrogens is 224 g/mol. The van der Waals surface area contributed by atoms with Gasteiger partial charge >= 0.3 is 5.97 Å². The third-order valence-electron chi connectivity index (χ3n) is 2.16. The first-order valence-corrected chi connectivity index (χ1v) is 5.20. The van der Waals surface area contributed by atoms with Gasteiger partial charge in [0.25, 0.3) is 11.7 Å². The number of carbonyl (C=O) groups excluding carboxylic acids is 1. The molecule has 0 aromatic carbocycles. The van der Waals surface area contributed by atoms with Crippen LogP contribution in [0.3, 0.4) is 0 Å². The van der Waals surface area contributed by atoms with E-state index in [-0.39, 0.29) is 18.3 Å². The number of carbonyl (C=O) groups is 1. The van der Waals surface area contributed by atoms with Crippen molar-refractivity contribution in [1.82, 2.24) is 10.1 Å². The summed E-state index contributed by atoms with van der Waals surface area (Å²) in [5.74, 6) is 0.984. The molecule has 2 aromatic heterocycles. The van der Waals surface area contributed by atoms with Gasteiger partial charge in [-0.05, 0) is 32.0 Å². The number of rotatable bonds is 3. The zero-order valence-corrected chi connectivity index (χ0v) is 9.81. The molecule has 0 saturated carbocycles. The van der Waals surface area contributed by atoms with Crippen molar-refractivity contribution in [1.29, 1.82) is 0 Å². The van der Waals surface area contributed by atoms with Crippen molar-refractivity contribution in [2.75, 3.05) is 6.61 Å². The summed E-state index contributed by atoms with van der Waals surface area (Å²) in [6, 6.07) is 1.78. The fourth-order valence-electron chi connectivity index (χ4n) is 1.45. The summed E-state index contributed by atoms with van der Waals surface area (Å²) >= 11 is 0. The number of aryl methyl sites for hydroxylation is 2. The molecule has 0 aliphatic carbocycles. The smallest absolute Gasteiger partial charge is 0.379 e. The molecule has 0 N–H and O–H groups in total. The van der Waals surface area contributed by atoms with Gasteiger partial charge in [0.15, 0.2) is 0 Å². The first-order chi connectivity index (χ1) is 8.11. The zero-order valence-electron chi connectivity index (χ0n) is 9.81. The molecule has 0 fully saturated rings. The molecule has 0 atom stereocenters. The van der Waals surface area contributed by atoms with Gasteiger partial charge in [-0.15, -0.1) is 0 Å². The molecule has 0 saturated heterocycles. The molecular formula is C11H12N2O4. The van der Waals surface area contributed by atoms with Gasteiger partial charge in [0, 0.05) is 0 Å². The third kappa shape index (κ3) is 2.20. The summed E-state index contributed by atoms with van der Waals surface area (Å²) in [7, 11) is 0. The summed E-state index contributed by atoms with van der Waals surface area (Å²) in [6.45, 7) is 5.59. The molecule has 6 heteroatoms. The largest absolute Gasteiger partial charge is 0.466 e. The number of esters is 1. The van der Waals surface area contributed by atoms with Gasteiger partial charge in [-0.25, -0.2) is 4.79 Å². The topological polar surface area (TPSA) is 78.4 Å². The summed E-state index contributed by atoms with van der Waals surface area (Å²) in [5.41, 5.74) is 0.686. The Kier molecular flexibility index (Phi) is 2.95. The van der Waals surface area contributed by atoms with E-state index in [2.05, 4.69) is 10.1 Å². The van der Waals surface area contributed by atoms with Crippen molar-refractivity contribution >= 4 is 5.97 Å². The molecule has 0 aliphatic rings. The second-order valence-electron chi connectivity index (χ2n) is 3.47. The quantitative estimate of drug-likeness (QED) is 0.759. The summed E-state index contributed by atoms with van der Waals surface area (Å²) < 4.78 is 15.1. The molecule has 2 heterocycles. The van der Waals surface area contributed by atoms with Crippen LogP contribution in [-0.4, -0.2) is 22.7 Å². The van der Waals surface area contributed by atoms with Crippen molar-refractivity contribution in [2.45, 2.75) is 20.8 Å². The van der Waals surface area contributed by atoms with Crippen LogP contribution in [0.2, 0.25) is 0 Å². The van der Waals surface area contributed by atoms with Gasteiger partial charge in [-0.1, -0.05) is 0 Å². The predicted molar refractivity (Wildman–Crippen MR) is 57.4 cm³/mol. The molecule has 0 radical (unpaired) electrons. The molecule has 0 spiro atoms. The second-order valence-corrected chi connectivity index (χ2v) is 3.47. The highest BCUT2D eigenvalue weighted by Crippen LogP contribution is 2.24. The average molecular weight is 236 g/mol. The minimum Gasteiger partial charge on any atom is -0.466 e. The lowest BCUT2D eigenvalue weighted by atomic mass is 10.2. The van der Waals surface area contributed by atoms with E-state index in [1.54, 1.807) is 19.9 Å². The lowest BCUT2D eigenvalue weighted by Crippen LogP contribution is -2.06. The van der Waals surface area contributed by atoms with E-state index < -0.39 is 5.97 Å². The molecule has 2 rings (SSSR count). The van der Waals surface area contributed by atoms with Crippen molar-refractivity contribution in [2.24, 2.45) is 0 Å². The number of hydrogen-bond acceptors (Lipinski definition) is 6. The normalized spacial score (nSPS) is 10.5. The molecule has 0 amide bonds. The Hall–Kier alpha value is -2.11. The fourth-order valence-corrected chi connectivity index (χ4v) is 1.45. The third-order valence-corrected chi connectivity index (χ3v) is 2.16. The van der Waals surface area contributed by atoms with E-state index >= 15 is 0 Å². The molecule has 0 bridgehead atoms. The van der Waals surface area contributed by atoms with Gasteiger partial charge < -0.3 is 13.7 Å². The van der Waals surface area contributed by atoms with E-state index in [1.807, 2.05) is 6.92 Å². The maximum absolute atomic E-state index is 11.3. The van der Waals surface area contributed by atoms with Crippen LogP contribution in [0, 0.1) is 13.8 Å². The Morgan fingerprint density at radius 2 is 2.24 bits per heavy atom. The van der Waals surface area contributed by atoms with E-state index in [0.717, 1.165) is 5.76 Å². The van der Waals surface area contributed by atoms with Crippen molar-refractivity contribution in [3.05, 3.63) is 23.4 Å². The van der Waals surface area contributed by atoms with Gasteiger partial charge in [-0.3, -0.25) is 0 Å². The molecule has 90 valence electrons. The number of furan rings is 1. The number of nitrogens with zero attached hydrogens (tertiary/aromatic N) is 2. The highest BCUT2D eigenvalue weighted by molar-refractivity contribution is 5.85. The lowest BCUT2D eigenvalue weighted by molar-refractivity contribution is 0.0508. The number of hydrogen-bond donors (Lipinski definition) is 0. The second kappa shape index (κ2) is 4.40. The van der Waals surface area contributed by atoms with Gasteiger partial charge in [0.2, 0.25) is 0 Å². The van der Waals surface area contributed by atoms with E-state index in [0.29, 0.717) is 11.3 Å². The molecule has 0 unspecified atom stereocenters. The fraction of sp³-hybridized carbons (Fsp3) is 0.364. The molecule has 0 aliphatic heterocycles. The van der Waals surface area contributed by atoms with Crippen LogP contribution < -0.4 is 0 Å². The van der Waals surface area contributed by atoms with Crippen LogP contribution >= 0.6 is 0 Å². The highest BCUT2D eigenvalue weighted by atomic mass is 16.5. The highest BCUT2D eigenvalue weighted by Gasteiger charge is 2.19. The average Bonchev–Trinajstić information content (AvgIpc) is 2.85. The van der Waals surface area contributed by atoms with Crippen molar-refractivity contribution in [3.8, 4) is 11.5 Å². The Morgan fingerprint density at radius 1 is 1.47 bits per heavy atom. The zero-order chi connectivity index (χ0) is 12.4. The molecule has 6 nitrogen and oxygen atoms in total. The first-order valence-electron chi connectivity index (χ1n) is 5.20. The van der Waals surface area contributed by atoms with Crippen LogP contribution in [0.1, 0.15) is 29.1 Å². The summed E-state index contributed by atoms with van der Waals surface area (Å²) in [5, 5.41) is 3.56. The SMILES string of the molecule is CCOC(=O)c1noc(-c2cc(C)oc2C)n1. The Balaban J connectivity index is 2.30.